The number of ether oxygens (including phenoxy) is 2. The van der Waals surface area contributed by atoms with Gasteiger partial charge in [-0.05, 0) is 82.9 Å². The van der Waals surface area contributed by atoms with Crippen LogP contribution in [0.5, 0.6) is 23.0 Å². The van der Waals surface area contributed by atoms with Crippen LogP contribution >= 0.6 is 0 Å². The van der Waals surface area contributed by atoms with Crippen LogP contribution in [-0.2, 0) is 0 Å². The van der Waals surface area contributed by atoms with Gasteiger partial charge in [-0.3, -0.25) is 0 Å². The van der Waals surface area contributed by atoms with E-state index in [2.05, 4.69) is 0 Å². The highest BCUT2D eigenvalue weighted by Gasteiger charge is 2.01. The minimum atomic E-state index is 0.255. The quantitative estimate of drug-likeness (QED) is 0.411. The Hall–Kier alpha value is -3.40. The topological polar surface area (TPSA) is 58.9 Å². The van der Waals surface area contributed by atoms with Crippen molar-refractivity contribution in [3.63, 3.8) is 0 Å². The van der Waals surface area contributed by atoms with E-state index in [9.17, 15) is 10.2 Å². The van der Waals surface area contributed by atoms with Gasteiger partial charge in [-0.15, -0.1) is 0 Å². The van der Waals surface area contributed by atoms with Gasteiger partial charge in [0.15, 0.2) is 0 Å². The molecule has 0 spiro atoms. The molecule has 0 aliphatic heterocycles. The number of phenols is 2. The molecule has 142 valence electrons. The number of aromatic hydroxyl groups is 2. The van der Waals surface area contributed by atoms with Crippen LogP contribution in [0.3, 0.4) is 0 Å². The van der Waals surface area contributed by atoms with Gasteiger partial charge in [0.25, 0.3) is 0 Å². The summed E-state index contributed by atoms with van der Waals surface area (Å²) in [6.45, 7) is 1.22. The number of fused-ring (bicyclic) bond motifs is 2. The first-order valence-electron chi connectivity index (χ1n) is 9.38. The average molecular weight is 374 g/mol. The molecule has 0 fully saturated rings. The van der Waals surface area contributed by atoms with Crippen molar-refractivity contribution in [2.24, 2.45) is 0 Å². The van der Waals surface area contributed by atoms with E-state index in [0.29, 0.717) is 13.2 Å². The number of unbranched alkanes of at least 4 members (excludes halogenated alkanes) is 1. The highest BCUT2D eigenvalue weighted by molar-refractivity contribution is 5.85. The normalized spacial score (nSPS) is 11.0. The number of hydrogen-bond donors (Lipinski definition) is 2. The summed E-state index contributed by atoms with van der Waals surface area (Å²) in [6, 6.07) is 22.4. The van der Waals surface area contributed by atoms with Crippen molar-refractivity contribution in [1.82, 2.24) is 0 Å². The second-order valence-electron chi connectivity index (χ2n) is 6.79. The molecule has 0 atom stereocenters. The first kappa shape index (κ1) is 18.0. The summed E-state index contributed by atoms with van der Waals surface area (Å²) in [4.78, 5) is 0. The molecule has 4 heteroatoms. The van der Waals surface area contributed by atoms with Crippen molar-refractivity contribution in [3.05, 3.63) is 72.8 Å². The first-order chi connectivity index (χ1) is 13.7. The minimum Gasteiger partial charge on any atom is -0.508 e. The standard InChI is InChI=1S/C24H22O4/c25-21-7-3-17-5-9-23(15-19(17)13-21)27-11-1-2-12-28-24-10-6-18-4-8-22(26)14-20(18)16-24/h3-10,13-16,25-26H,1-2,11-12H2. The molecular formula is C24H22O4. The first-order valence-corrected chi connectivity index (χ1v) is 9.38. The molecule has 0 amide bonds. The zero-order chi connectivity index (χ0) is 19.3. The molecule has 2 N–H and O–H groups in total. The zero-order valence-electron chi connectivity index (χ0n) is 15.5. The van der Waals surface area contributed by atoms with E-state index < -0.39 is 0 Å². The van der Waals surface area contributed by atoms with Gasteiger partial charge < -0.3 is 19.7 Å². The van der Waals surface area contributed by atoms with Gasteiger partial charge >= 0.3 is 0 Å². The summed E-state index contributed by atoms with van der Waals surface area (Å²) in [5, 5.41) is 23.3. The summed E-state index contributed by atoms with van der Waals surface area (Å²) in [7, 11) is 0. The fraction of sp³-hybridized carbons (Fsp3) is 0.167. The molecular weight excluding hydrogens is 352 g/mol. The van der Waals surface area contributed by atoms with Crippen LogP contribution in [0.2, 0.25) is 0 Å². The summed E-state index contributed by atoms with van der Waals surface area (Å²) in [5.74, 6) is 2.11. The van der Waals surface area contributed by atoms with Gasteiger partial charge in [0.05, 0.1) is 13.2 Å². The molecule has 0 saturated heterocycles. The van der Waals surface area contributed by atoms with E-state index in [4.69, 9.17) is 9.47 Å². The monoisotopic (exact) mass is 374 g/mol. The lowest BCUT2D eigenvalue weighted by Gasteiger charge is -2.09. The van der Waals surface area contributed by atoms with Gasteiger partial charge in [0, 0.05) is 0 Å². The second kappa shape index (κ2) is 8.09. The Bertz CT molecular complexity index is 1010. The Morgan fingerprint density at radius 3 is 1.39 bits per heavy atom. The highest BCUT2D eigenvalue weighted by atomic mass is 16.5. The lowest BCUT2D eigenvalue weighted by atomic mass is 10.1. The van der Waals surface area contributed by atoms with Crippen molar-refractivity contribution in [3.8, 4) is 23.0 Å². The lowest BCUT2D eigenvalue weighted by molar-refractivity contribution is 0.267. The van der Waals surface area contributed by atoms with E-state index in [-0.39, 0.29) is 11.5 Å². The predicted octanol–water partition coefficient (Wildman–Crippen LogP) is 5.64. The molecule has 4 nitrogen and oxygen atoms in total. The second-order valence-corrected chi connectivity index (χ2v) is 6.79. The van der Waals surface area contributed by atoms with Crippen LogP contribution in [0.25, 0.3) is 21.5 Å². The number of rotatable bonds is 7. The summed E-state index contributed by atoms with van der Waals surface area (Å²) >= 11 is 0. The SMILES string of the molecule is Oc1ccc2ccc(OCCCCOc3ccc4ccc(O)cc4c3)cc2c1. The number of hydrogen-bond acceptors (Lipinski definition) is 4. The van der Waals surface area contributed by atoms with Gasteiger partial charge in [0.1, 0.15) is 23.0 Å². The maximum absolute atomic E-state index is 9.59. The zero-order valence-corrected chi connectivity index (χ0v) is 15.5. The van der Waals surface area contributed by atoms with Crippen molar-refractivity contribution in [1.29, 1.82) is 0 Å². The average Bonchev–Trinajstić information content (AvgIpc) is 2.70. The molecule has 4 rings (SSSR count). The van der Waals surface area contributed by atoms with Crippen LogP contribution in [0.4, 0.5) is 0 Å². The molecule has 0 aliphatic carbocycles. The van der Waals surface area contributed by atoms with Crippen molar-refractivity contribution >= 4 is 21.5 Å². The van der Waals surface area contributed by atoms with Crippen LogP contribution in [0, 0.1) is 0 Å². The number of benzene rings is 4. The highest BCUT2D eigenvalue weighted by Crippen LogP contribution is 2.25. The number of phenolic OH excluding ortho intramolecular Hbond substituents is 2. The van der Waals surface area contributed by atoms with Crippen LogP contribution in [0.15, 0.2) is 72.8 Å². The van der Waals surface area contributed by atoms with E-state index in [0.717, 1.165) is 45.9 Å². The van der Waals surface area contributed by atoms with Gasteiger partial charge in [-0.25, -0.2) is 0 Å². The Morgan fingerprint density at radius 2 is 0.929 bits per heavy atom. The van der Waals surface area contributed by atoms with E-state index in [1.54, 1.807) is 24.3 Å². The molecule has 0 bridgehead atoms. The van der Waals surface area contributed by atoms with Gasteiger partial charge in [0.2, 0.25) is 0 Å². The molecule has 0 aromatic heterocycles. The third-order valence-electron chi connectivity index (χ3n) is 4.67. The Labute approximate surface area is 163 Å². The summed E-state index contributed by atoms with van der Waals surface area (Å²) < 4.78 is 11.6. The van der Waals surface area contributed by atoms with E-state index in [1.165, 1.54) is 0 Å². The molecule has 28 heavy (non-hydrogen) atoms. The Morgan fingerprint density at radius 1 is 0.500 bits per heavy atom. The molecule has 0 aliphatic rings. The molecule has 4 aromatic carbocycles. The fourth-order valence-electron chi connectivity index (χ4n) is 3.19. The third-order valence-corrected chi connectivity index (χ3v) is 4.67. The minimum absolute atomic E-state index is 0.255. The summed E-state index contributed by atoms with van der Waals surface area (Å²) in [6.07, 6.45) is 1.76. The maximum atomic E-state index is 9.59. The smallest absolute Gasteiger partial charge is 0.119 e. The maximum Gasteiger partial charge on any atom is 0.119 e. The van der Waals surface area contributed by atoms with Crippen LogP contribution < -0.4 is 9.47 Å². The van der Waals surface area contributed by atoms with Gasteiger partial charge in [-0.2, -0.15) is 0 Å². The van der Waals surface area contributed by atoms with Gasteiger partial charge in [-0.1, -0.05) is 24.3 Å². The van der Waals surface area contributed by atoms with Crippen LogP contribution in [0.1, 0.15) is 12.8 Å². The molecule has 0 saturated carbocycles. The van der Waals surface area contributed by atoms with Crippen molar-refractivity contribution in [2.75, 3.05) is 13.2 Å². The molecule has 4 aromatic rings. The molecule has 0 unspecified atom stereocenters. The van der Waals surface area contributed by atoms with E-state index >= 15 is 0 Å². The Balaban J connectivity index is 1.24. The fourth-order valence-corrected chi connectivity index (χ4v) is 3.19. The Kier molecular flexibility index (Phi) is 5.20. The molecule has 0 heterocycles. The predicted molar refractivity (Wildman–Crippen MR) is 111 cm³/mol. The van der Waals surface area contributed by atoms with Crippen LogP contribution in [-0.4, -0.2) is 23.4 Å². The van der Waals surface area contributed by atoms with Crippen molar-refractivity contribution < 1.29 is 19.7 Å². The van der Waals surface area contributed by atoms with E-state index in [1.807, 2.05) is 48.5 Å². The largest absolute Gasteiger partial charge is 0.508 e. The third kappa shape index (κ3) is 4.29. The lowest BCUT2D eigenvalue weighted by Crippen LogP contribution is -2.02. The summed E-state index contributed by atoms with van der Waals surface area (Å²) in [5.41, 5.74) is 0. The van der Waals surface area contributed by atoms with Crippen molar-refractivity contribution in [2.45, 2.75) is 12.8 Å². The molecule has 0 radical (unpaired) electrons.